The van der Waals surface area contributed by atoms with Gasteiger partial charge in [-0.15, -0.1) is 0 Å². The van der Waals surface area contributed by atoms with Crippen LogP contribution in [-0.2, 0) is 26.2 Å². The number of carbonyl (C=O) groups is 2. The van der Waals surface area contributed by atoms with Crippen molar-refractivity contribution >= 4 is 27.5 Å². The largest absolute Gasteiger partial charge is 0.352 e. The Morgan fingerprint density at radius 2 is 1.46 bits per heavy atom. The first-order valence-electron chi connectivity index (χ1n) is 13.3. The summed E-state index contributed by atoms with van der Waals surface area (Å²) in [4.78, 5) is 28.8. The van der Waals surface area contributed by atoms with E-state index in [0.29, 0.717) is 5.69 Å². The summed E-state index contributed by atoms with van der Waals surface area (Å²) in [5.41, 5.74) is 3.97. The van der Waals surface area contributed by atoms with Crippen LogP contribution in [0.2, 0.25) is 0 Å². The Bertz CT molecular complexity index is 1410. The predicted octanol–water partition coefficient (Wildman–Crippen LogP) is 5.14. The van der Waals surface area contributed by atoms with Crippen LogP contribution in [0, 0.1) is 20.8 Å². The first-order valence-corrected chi connectivity index (χ1v) is 14.7. The Labute approximate surface area is 232 Å². The Balaban J connectivity index is 2.07. The van der Waals surface area contributed by atoms with Gasteiger partial charge >= 0.3 is 0 Å². The summed E-state index contributed by atoms with van der Waals surface area (Å²) >= 11 is 0. The van der Waals surface area contributed by atoms with E-state index in [2.05, 4.69) is 5.32 Å². The number of nitrogens with zero attached hydrogens (tertiary/aromatic N) is 2. The van der Waals surface area contributed by atoms with Crippen molar-refractivity contribution < 1.29 is 18.0 Å². The van der Waals surface area contributed by atoms with Crippen molar-refractivity contribution in [3.8, 4) is 0 Å². The SMILES string of the molecule is CC[C@@H](C)NC(=O)[C@@H](C)N(Cc1ccccc1C)C(=O)CN(c1cccc(C)c1C)S(=O)(=O)c1ccccc1. The second-order valence-electron chi connectivity index (χ2n) is 9.99. The number of hydrogen-bond donors (Lipinski definition) is 1. The van der Waals surface area contributed by atoms with Gasteiger partial charge in [-0.05, 0) is 81.5 Å². The van der Waals surface area contributed by atoms with Gasteiger partial charge in [0.1, 0.15) is 12.6 Å². The molecular weight excluding hydrogens is 510 g/mol. The molecule has 0 unspecified atom stereocenters. The molecule has 2 amide bonds. The van der Waals surface area contributed by atoms with Gasteiger partial charge in [-0.1, -0.05) is 61.5 Å². The van der Waals surface area contributed by atoms with E-state index < -0.39 is 28.5 Å². The molecule has 0 radical (unpaired) electrons. The minimum absolute atomic E-state index is 0.0553. The maximum Gasteiger partial charge on any atom is 0.264 e. The van der Waals surface area contributed by atoms with Crippen molar-refractivity contribution in [1.29, 1.82) is 0 Å². The molecule has 0 aliphatic heterocycles. The predicted molar refractivity (Wildman–Crippen MR) is 156 cm³/mol. The third-order valence-electron chi connectivity index (χ3n) is 7.23. The van der Waals surface area contributed by atoms with Crippen LogP contribution in [0.15, 0.2) is 77.7 Å². The fourth-order valence-electron chi connectivity index (χ4n) is 4.26. The van der Waals surface area contributed by atoms with Gasteiger partial charge in [0.15, 0.2) is 0 Å². The third kappa shape index (κ3) is 7.06. The molecule has 8 heteroatoms. The van der Waals surface area contributed by atoms with Crippen LogP contribution >= 0.6 is 0 Å². The zero-order valence-corrected chi connectivity index (χ0v) is 24.5. The minimum atomic E-state index is -4.09. The second kappa shape index (κ2) is 12.9. The van der Waals surface area contributed by atoms with Gasteiger partial charge in [-0.25, -0.2) is 8.42 Å². The summed E-state index contributed by atoms with van der Waals surface area (Å²) in [6, 6.07) is 20.3. The Kier molecular flexibility index (Phi) is 9.92. The lowest BCUT2D eigenvalue weighted by molar-refractivity contribution is -0.139. The number of sulfonamides is 1. The summed E-state index contributed by atoms with van der Waals surface area (Å²) in [7, 11) is -4.09. The van der Waals surface area contributed by atoms with Gasteiger partial charge in [0.05, 0.1) is 10.6 Å². The Morgan fingerprint density at radius 3 is 2.10 bits per heavy atom. The molecule has 1 N–H and O–H groups in total. The zero-order valence-electron chi connectivity index (χ0n) is 23.6. The van der Waals surface area contributed by atoms with Gasteiger partial charge in [-0.2, -0.15) is 0 Å². The van der Waals surface area contributed by atoms with Crippen molar-refractivity contribution in [3.63, 3.8) is 0 Å². The summed E-state index contributed by atoms with van der Waals surface area (Å²) in [5.74, 6) is -0.749. The number of rotatable bonds is 11. The average Bonchev–Trinajstić information content (AvgIpc) is 2.92. The van der Waals surface area contributed by atoms with E-state index in [9.17, 15) is 18.0 Å². The molecule has 7 nitrogen and oxygen atoms in total. The molecule has 0 aromatic heterocycles. The van der Waals surface area contributed by atoms with Crippen LogP contribution in [0.5, 0.6) is 0 Å². The Morgan fingerprint density at radius 1 is 0.846 bits per heavy atom. The molecule has 3 aromatic carbocycles. The monoisotopic (exact) mass is 549 g/mol. The molecule has 2 atom stereocenters. The zero-order chi connectivity index (χ0) is 28.7. The smallest absolute Gasteiger partial charge is 0.264 e. The molecule has 0 heterocycles. The van der Waals surface area contributed by atoms with Crippen molar-refractivity contribution in [2.45, 2.75) is 71.5 Å². The molecule has 3 aromatic rings. The summed E-state index contributed by atoms with van der Waals surface area (Å²) in [6.07, 6.45) is 0.750. The van der Waals surface area contributed by atoms with Crippen LogP contribution in [0.3, 0.4) is 0 Å². The van der Waals surface area contributed by atoms with Gasteiger partial charge in [0.25, 0.3) is 10.0 Å². The molecule has 39 heavy (non-hydrogen) atoms. The normalized spacial score (nSPS) is 12.9. The van der Waals surface area contributed by atoms with Crippen molar-refractivity contribution in [3.05, 3.63) is 95.1 Å². The first kappa shape index (κ1) is 29.9. The third-order valence-corrected chi connectivity index (χ3v) is 9.00. The quantitative estimate of drug-likeness (QED) is 0.359. The highest BCUT2D eigenvalue weighted by Gasteiger charge is 2.33. The molecule has 0 fully saturated rings. The van der Waals surface area contributed by atoms with Crippen LogP contribution in [0.1, 0.15) is 49.4 Å². The molecule has 3 rings (SSSR count). The van der Waals surface area contributed by atoms with E-state index in [1.54, 1.807) is 37.3 Å². The average molecular weight is 550 g/mol. The molecule has 0 saturated carbocycles. The number of hydrogen-bond acceptors (Lipinski definition) is 4. The van der Waals surface area contributed by atoms with E-state index in [-0.39, 0.29) is 23.4 Å². The number of amides is 2. The Hall–Kier alpha value is -3.65. The lowest BCUT2D eigenvalue weighted by Crippen LogP contribution is -2.52. The summed E-state index contributed by atoms with van der Waals surface area (Å²) < 4.78 is 29.0. The lowest BCUT2D eigenvalue weighted by atomic mass is 10.1. The van der Waals surface area contributed by atoms with Crippen LogP contribution in [-0.4, -0.2) is 43.8 Å². The van der Waals surface area contributed by atoms with Crippen molar-refractivity contribution in [2.75, 3.05) is 10.8 Å². The molecule has 0 spiro atoms. The van der Waals surface area contributed by atoms with E-state index in [1.807, 2.05) is 65.0 Å². The van der Waals surface area contributed by atoms with Crippen LogP contribution in [0.4, 0.5) is 5.69 Å². The van der Waals surface area contributed by atoms with Gasteiger partial charge < -0.3 is 10.2 Å². The highest BCUT2D eigenvalue weighted by Crippen LogP contribution is 2.29. The summed E-state index contributed by atoms with van der Waals surface area (Å²) in [6.45, 7) is 11.0. The first-order chi connectivity index (χ1) is 18.5. The second-order valence-corrected chi connectivity index (χ2v) is 11.8. The van der Waals surface area contributed by atoms with E-state index in [1.165, 1.54) is 17.0 Å². The van der Waals surface area contributed by atoms with E-state index in [4.69, 9.17) is 0 Å². The van der Waals surface area contributed by atoms with Gasteiger partial charge in [-0.3, -0.25) is 13.9 Å². The standard InChI is InChI=1S/C31H39N3O4S/c1-7-24(4)32-31(36)26(6)33(20-27-16-12-11-14-23(27)3)30(35)21-34(29-19-13-15-22(2)25(29)5)39(37,38)28-17-9-8-10-18-28/h8-19,24,26H,7,20-21H2,1-6H3,(H,32,36)/t24-,26-/m1/s1. The number of nitrogens with one attached hydrogen (secondary N) is 1. The van der Waals surface area contributed by atoms with E-state index in [0.717, 1.165) is 33.0 Å². The van der Waals surface area contributed by atoms with Crippen molar-refractivity contribution in [1.82, 2.24) is 10.2 Å². The molecule has 208 valence electrons. The number of benzene rings is 3. The fourth-order valence-corrected chi connectivity index (χ4v) is 5.75. The number of anilines is 1. The maximum absolute atomic E-state index is 14.1. The summed E-state index contributed by atoms with van der Waals surface area (Å²) in [5, 5.41) is 2.96. The topological polar surface area (TPSA) is 86.8 Å². The molecular formula is C31H39N3O4S. The molecule has 0 aliphatic carbocycles. The fraction of sp³-hybridized carbons (Fsp3) is 0.355. The van der Waals surface area contributed by atoms with Gasteiger partial charge in [0, 0.05) is 12.6 Å². The highest BCUT2D eigenvalue weighted by atomic mass is 32.2. The lowest BCUT2D eigenvalue weighted by Gasteiger charge is -2.33. The molecule has 0 aliphatic rings. The number of carbonyl (C=O) groups excluding carboxylic acids is 2. The highest BCUT2D eigenvalue weighted by molar-refractivity contribution is 7.92. The maximum atomic E-state index is 14.1. The van der Waals surface area contributed by atoms with Crippen LogP contribution in [0.25, 0.3) is 0 Å². The number of aryl methyl sites for hydroxylation is 2. The molecule has 0 bridgehead atoms. The minimum Gasteiger partial charge on any atom is -0.352 e. The van der Waals surface area contributed by atoms with Gasteiger partial charge in [0.2, 0.25) is 11.8 Å². The molecule has 0 saturated heterocycles. The van der Waals surface area contributed by atoms with Crippen molar-refractivity contribution in [2.24, 2.45) is 0 Å². The van der Waals surface area contributed by atoms with Crippen LogP contribution < -0.4 is 9.62 Å². The van der Waals surface area contributed by atoms with E-state index >= 15 is 0 Å².